The van der Waals surface area contributed by atoms with E-state index in [1.54, 1.807) is 83.1 Å². The standard InChI is InChI=1S/C84H72O12S12/c1-79(2,103-67(97)49-31-19-13-20-32-49)73(85)91-61-43-55-56(44-62(61)92-74(86)80(3,4)104-68(98)50-33-21-14-22-34-50)58-46-64(94-76(88)82(7,8)106-70(100)52-37-25-16-26-38-52)66(96-78(90)84(11,12)108-72(102)54-41-29-18-30-42-54)48-60(58)59-47-65(95-77(89)83(9,10)107-71(101)53-39-27-17-28-40-53)63(45-57(55)59)93-75(87)81(5,6)105-69(99)51-35-23-15-24-36-51/h13-48H,1-12H3. The van der Waals surface area contributed by atoms with Crippen LogP contribution in [0, 0.1) is 0 Å². The number of rotatable bonds is 24. The van der Waals surface area contributed by atoms with Crippen LogP contribution in [-0.2, 0) is 28.8 Å². The van der Waals surface area contributed by atoms with E-state index in [9.17, 15) is 0 Å². The minimum atomic E-state index is -1.40. The second-order valence-electron chi connectivity index (χ2n) is 27.5. The molecule has 10 aromatic carbocycles. The molecule has 24 heteroatoms. The van der Waals surface area contributed by atoms with E-state index < -0.39 is 64.3 Å². The van der Waals surface area contributed by atoms with Gasteiger partial charge in [-0.15, -0.1) is 0 Å². The Hall–Kier alpha value is -7.56. The van der Waals surface area contributed by atoms with E-state index in [0.29, 0.717) is 58.6 Å². The molecule has 0 radical (unpaired) electrons. The first-order valence-electron chi connectivity index (χ1n) is 33.5. The number of thiocarbonyl (C=S) groups is 6. The second-order valence-corrected chi connectivity index (χ2v) is 41.3. The summed E-state index contributed by atoms with van der Waals surface area (Å²) in [6.07, 6.45) is 0. The molecule has 0 aliphatic carbocycles. The first-order chi connectivity index (χ1) is 50.9. The first kappa shape index (κ1) is 82.9. The number of ether oxygens (including phenoxy) is 6. The van der Waals surface area contributed by atoms with Crippen LogP contribution >= 0.6 is 144 Å². The lowest BCUT2D eigenvalue weighted by molar-refractivity contribution is -0.139. The Bertz CT molecular complexity index is 4360. The molecule has 0 saturated carbocycles. The van der Waals surface area contributed by atoms with Crippen LogP contribution in [0.1, 0.15) is 116 Å². The fourth-order valence-electron chi connectivity index (χ4n) is 10.3. The van der Waals surface area contributed by atoms with Crippen molar-refractivity contribution in [3.63, 3.8) is 0 Å². The zero-order valence-corrected chi connectivity index (χ0v) is 70.4. The van der Waals surface area contributed by atoms with Crippen LogP contribution in [0.25, 0.3) is 32.3 Å². The lowest BCUT2D eigenvalue weighted by Gasteiger charge is -2.26. The molecule has 10 rings (SSSR count). The number of esters is 6. The highest BCUT2D eigenvalue weighted by molar-refractivity contribution is 8.27. The van der Waals surface area contributed by atoms with Crippen molar-refractivity contribution < 1.29 is 57.2 Å². The van der Waals surface area contributed by atoms with Crippen molar-refractivity contribution in [3.8, 4) is 34.5 Å². The quantitative estimate of drug-likeness (QED) is 0.0243. The molecule has 0 atom stereocenters. The summed E-state index contributed by atoms with van der Waals surface area (Å²) < 4.78 is 33.2. The lowest BCUT2D eigenvalue weighted by atomic mass is 9.93. The topological polar surface area (TPSA) is 158 Å². The molecule has 0 bridgehead atoms. The third kappa shape index (κ3) is 20.3. The molecule has 0 aromatic heterocycles. The minimum absolute atomic E-state index is 0.250. The van der Waals surface area contributed by atoms with E-state index in [1.165, 1.54) is 36.4 Å². The number of benzene rings is 10. The van der Waals surface area contributed by atoms with Gasteiger partial charge in [0, 0.05) is 0 Å². The SMILES string of the molecule is CC(C)(SC(=S)c1ccccc1)C(=O)Oc1cc2c3cc(OC(=O)C(C)(C)SC(=S)c4ccccc4)c(OC(=O)C(C)(C)SC(=S)c4ccccc4)cc3c3cc(OC(=O)C(C)(C)SC(=S)c4ccccc4)c(OC(=O)C(C)(C)SC(=S)c4ccccc4)cc3c2cc1OC(=O)C(C)(C)SC(=S)c1ccccc1. The first-order valence-corrected chi connectivity index (χ1v) is 40.9. The Morgan fingerprint density at radius 1 is 0.213 bits per heavy atom. The number of carbonyl (C=O) groups excluding carboxylic acids is 6. The van der Waals surface area contributed by atoms with Gasteiger partial charge in [-0.3, -0.25) is 28.8 Å². The van der Waals surface area contributed by atoms with Gasteiger partial charge in [0.15, 0.2) is 34.5 Å². The molecule has 108 heavy (non-hydrogen) atoms. The second kappa shape index (κ2) is 34.8. The van der Waals surface area contributed by atoms with Gasteiger partial charge < -0.3 is 28.4 Å². The fourth-order valence-corrected chi connectivity index (χ4v) is 19.9. The van der Waals surface area contributed by atoms with Gasteiger partial charge in [-0.2, -0.15) is 0 Å². The Morgan fingerprint density at radius 2 is 0.324 bits per heavy atom. The van der Waals surface area contributed by atoms with Gasteiger partial charge in [-0.1, -0.05) is 326 Å². The van der Waals surface area contributed by atoms with Crippen LogP contribution < -0.4 is 28.4 Å². The molecule has 10 aromatic rings. The van der Waals surface area contributed by atoms with Gasteiger partial charge in [0.2, 0.25) is 0 Å². The molecule has 0 fully saturated rings. The van der Waals surface area contributed by atoms with Crippen molar-refractivity contribution in [1.29, 1.82) is 0 Å². The van der Waals surface area contributed by atoms with Crippen LogP contribution in [0.2, 0.25) is 0 Å². The van der Waals surface area contributed by atoms with E-state index in [0.717, 1.165) is 70.6 Å². The van der Waals surface area contributed by atoms with Crippen LogP contribution in [0.3, 0.4) is 0 Å². The number of carbonyl (C=O) groups is 6. The maximum atomic E-state index is 15.2. The zero-order chi connectivity index (χ0) is 78.3. The summed E-state index contributed by atoms with van der Waals surface area (Å²) >= 11 is 42.0. The van der Waals surface area contributed by atoms with Crippen molar-refractivity contribution in [3.05, 3.63) is 252 Å². The Morgan fingerprint density at radius 3 is 0.435 bits per heavy atom. The van der Waals surface area contributed by atoms with Crippen LogP contribution in [0.5, 0.6) is 34.5 Å². The summed E-state index contributed by atoms with van der Waals surface area (Å²) in [7, 11) is 0. The van der Waals surface area contributed by atoms with Crippen LogP contribution in [0.4, 0.5) is 0 Å². The highest BCUT2D eigenvalue weighted by atomic mass is 32.2. The summed E-state index contributed by atoms with van der Waals surface area (Å²) in [6.45, 7) is 19.8. The maximum Gasteiger partial charge on any atom is 0.327 e. The van der Waals surface area contributed by atoms with Gasteiger partial charge in [-0.25, -0.2) is 0 Å². The predicted molar refractivity (Wildman–Crippen MR) is 472 cm³/mol. The molecule has 0 amide bonds. The molecule has 12 nitrogen and oxygen atoms in total. The molecule has 0 saturated heterocycles. The third-order valence-corrected chi connectivity index (χ3v) is 25.9. The monoisotopic (exact) mass is 1660 g/mol. The fraction of sp³-hybridized carbons (Fsp3) is 0.214. The third-order valence-electron chi connectivity index (χ3n) is 16.4. The van der Waals surface area contributed by atoms with E-state index in [-0.39, 0.29) is 66.8 Å². The molecule has 0 heterocycles. The van der Waals surface area contributed by atoms with Gasteiger partial charge in [-0.05, 0) is 185 Å². The summed E-state index contributed by atoms with van der Waals surface area (Å²) in [4.78, 5) is 91.0. The summed E-state index contributed by atoms with van der Waals surface area (Å²) in [6, 6.07) is 64.1. The normalized spacial score (nSPS) is 12.0. The molecule has 0 aliphatic heterocycles. The number of thioether (sulfide) groups is 6. The molecule has 0 spiro atoms. The number of hydrogen-bond acceptors (Lipinski definition) is 24. The summed E-state index contributed by atoms with van der Waals surface area (Å²) in [5.41, 5.74) is 4.17. The van der Waals surface area contributed by atoms with Crippen molar-refractivity contribution >= 4 is 237 Å². The number of fused-ring (bicyclic) bond motifs is 6. The maximum absolute atomic E-state index is 15.2. The molecule has 0 aliphatic rings. The molecular formula is C84H72O12S12. The van der Waals surface area contributed by atoms with Crippen molar-refractivity contribution in [2.45, 2.75) is 112 Å². The Labute approximate surface area is 685 Å². The van der Waals surface area contributed by atoms with Crippen LogP contribution in [0.15, 0.2) is 218 Å². The van der Waals surface area contributed by atoms with Crippen molar-refractivity contribution in [2.24, 2.45) is 0 Å². The van der Waals surface area contributed by atoms with Crippen molar-refractivity contribution in [2.75, 3.05) is 0 Å². The Kier molecular flexibility index (Phi) is 26.7. The van der Waals surface area contributed by atoms with E-state index >= 15 is 28.8 Å². The highest BCUT2D eigenvalue weighted by Crippen LogP contribution is 2.50. The molecule has 0 unspecified atom stereocenters. The minimum Gasteiger partial charge on any atom is -0.421 e. The highest BCUT2D eigenvalue weighted by Gasteiger charge is 2.41. The smallest absolute Gasteiger partial charge is 0.327 e. The van der Waals surface area contributed by atoms with Gasteiger partial charge in [0.25, 0.3) is 0 Å². The van der Waals surface area contributed by atoms with E-state index in [1.807, 2.05) is 182 Å². The largest absolute Gasteiger partial charge is 0.421 e. The summed E-state index contributed by atoms with van der Waals surface area (Å²) in [5.74, 6) is -6.28. The van der Waals surface area contributed by atoms with E-state index in [4.69, 9.17) is 102 Å². The van der Waals surface area contributed by atoms with Crippen molar-refractivity contribution in [1.82, 2.24) is 0 Å². The molecular weight excluding hydrogens is 1590 g/mol. The summed E-state index contributed by atoms with van der Waals surface area (Å²) in [5, 5.41) is 1.50. The zero-order valence-electron chi connectivity index (χ0n) is 60.6. The van der Waals surface area contributed by atoms with Gasteiger partial charge >= 0.3 is 35.8 Å². The average Bonchev–Trinajstić information content (AvgIpc) is 0.720. The van der Waals surface area contributed by atoms with E-state index in [2.05, 4.69) is 0 Å². The molecule has 552 valence electrons. The van der Waals surface area contributed by atoms with Gasteiger partial charge in [0.1, 0.15) is 28.5 Å². The van der Waals surface area contributed by atoms with Crippen LogP contribution in [-0.4, -0.2) is 89.5 Å². The predicted octanol–water partition coefficient (Wildman–Crippen LogP) is 21.9. The average molecular weight is 1660 g/mol. The van der Waals surface area contributed by atoms with Gasteiger partial charge in [0.05, 0.1) is 25.2 Å². The Balaban J connectivity index is 1.25. The molecule has 0 N–H and O–H groups in total. The number of hydrogen-bond donors (Lipinski definition) is 0. The lowest BCUT2D eigenvalue weighted by Crippen LogP contribution is -2.35.